The third-order valence-corrected chi connectivity index (χ3v) is 23.0. The zero-order valence-electron chi connectivity index (χ0n) is 73.5. The Morgan fingerprint density at radius 3 is 0.875 bits per heavy atom. The number of hydrogen-bond acceptors (Lipinski definition) is 13. The average Bonchev–Trinajstić information content (AvgIpc) is 0.846. The molecular formula is C97H174N2O13. The number of hydrogen-bond donors (Lipinski definition) is 3. The van der Waals surface area contributed by atoms with Gasteiger partial charge in [0.05, 0.1) is 6.61 Å². The molecule has 1 rings (SSSR count). The number of benzene rings is 1. The van der Waals surface area contributed by atoms with Crippen molar-refractivity contribution in [2.45, 2.75) is 458 Å². The number of rotatable bonds is 85. The van der Waals surface area contributed by atoms with Gasteiger partial charge in [0.2, 0.25) is 11.8 Å². The van der Waals surface area contributed by atoms with Crippen molar-refractivity contribution in [2.24, 2.45) is 23.7 Å². The molecule has 15 heteroatoms. The van der Waals surface area contributed by atoms with Crippen LogP contribution in [0.5, 0.6) is 5.75 Å². The van der Waals surface area contributed by atoms with E-state index in [-0.39, 0.29) is 68.4 Å². The van der Waals surface area contributed by atoms with Gasteiger partial charge in [0.1, 0.15) is 37.8 Å². The third-order valence-electron chi connectivity index (χ3n) is 23.0. The lowest BCUT2D eigenvalue weighted by atomic mass is 9.78. The Balaban J connectivity index is 2.46. The summed E-state index contributed by atoms with van der Waals surface area (Å²) in [7, 11) is 0. The predicted molar refractivity (Wildman–Crippen MR) is 465 cm³/mol. The third kappa shape index (κ3) is 66.4. The molecule has 3 N–H and O–H groups in total. The molecule has 4 atom stereocenters. The number of unbranched alkanes of at least 4 members (excludes halogenated alkanes) is 42. The number of Topliss-reactive ketones (excluding diaryl/α,β-unsaturated/α-hetero) is 1. The van der Waals surface area contributed by atoms with Crippen LogP contribution in [0.2, 0.25) is 0 Å². The highest BCUT2D eigenvalue weighted by Crippen LogP contribution is 2.36. The molecular weight excluding hydrogens is 1400 g/mol. The van der Waals surface area contributed by atoms with Crippen LogP contribution in [-0.4, -0.2) is 98.3 Å². The van der Waals surface area contributed by atoms with Crippen molar-refractivity contribution in [3.05, 3.63) is 42.5 Å². The fraction of sp³-hybridized carbons (Fsp3) is 0.845. The number of ketones is 1. The summed E-state index contributed by atoms with van der Waals surface area (Å²) < 4.78 is 26.5. The molecule has 0 saturated carbocycles. The summed E-state index contributed by atoms with van der Waals surface area (Å²) in [6.07, 6.45) is 76.7. The first-order chi connectivity index (χ1) is 54.6. The SMILES string of the molecule is C=CC(=O)OCCOC(=O)CCCCCOC(=O)CCCCCCCCC(CCCCCCCC)C(CCCCCCCC)CCCCCCCCC(=O)NCCNC(=O)CCCCCCCCC(CCCCCCCC)C(CCCCCCCC)CCCCCCCCC(=O)OCCOc1ccc(C(=O)C(C)(C)O)cc1. The van der Waals surface area contributed by atoms with Gasteiger partial charge >= 0.3 is 23.9 Å². The predicted octanol–water partition coefficient (Wildman–Crippen LogP) is 26.1. The normalized spacial score (nSPS) is 12.6. The van der Waals surface area contributed by atoms with Gasteiger partial charge in [-0.3, -0.25) is 28.8 Å². The monoisotopic (exact) mass is 1580 g/mol. The molecule has 0 aliphatic heterocycles. The van der Waals surface area contributed by atoms with Gasteiger partial charge in [-0.25, -0.2) is 4.79 Å². The van der Waals surface area contributed by atoms with Crippen LogP contribution in [0, 0.1) is 23.7 Å². The van der Waals surface area contributed by atoms with E-state index in [0.29, 0.717) is 63.1 Å². The smallest absolute Gasteiger partial charge is 0.330 e. The van der Waals surface area contributed by atoms with E-state index in [4.69, 9.17) is 23.7 Å². The molecule has 0 aliphatic rings. The van der Waals surface area contributed by atoms with E-state index in [1.807, 2.05) is 0 Å². The number of esters is 4. The largest absolute Gasteiger partial charge is 0.490 e. The molecule has 4 unspecified atom stereocenters. The molecule has 0 aromatic heterocycles. The standard InChI is InChI=1S/C97H174N2O13/c1-8-13-17-21-33-46-60-84(86(62-48-35-23-19-15-10-3)66-52-39-27-31-43-56-70-93(103)109-79-59-45-58-72-95(105)112-83-82-110-92(102)12-5)64-50-37-25-29-41-54-68-90(100)98-77-78-99-91(101)69-55-42-30-26-38-51-65-85(61-47-34-22-18-14-9-2)87(63-49-36-24-20-16-11-4)67-53-40-28-32-44-57-71-94(104)111-81-80-108-89-75-73-88(74-76-89)96(106)97(6,7)107/h12,73-76,84-87,107H,5,8-11,13-72,77-83H2,1-4,6-7H3,(H,98,100)(H,99,101). The van der Waals surface area contributed by atoms with Crippen molar-refractivity contribution in [1.29, 1.82) is 0 Å². The van der Waals surface area contributed by atoms with E-state index in [9.17, 15) is 38.7 Å². The maximum Gasteiger partial charge on any atom is 0.330 e. The van der Waals surface area contributed by atoms with Crippen LogP contribution in [0.25, 0.3) is 0 Å². The maximum absolute atomic E-state index is 12.8. The zero-order chi connectivity index (χ0) is 81.7. The van der Waals surface area contributed by atoms with Crippen LogP contribution in [0.3, 0.4) is 0 Å². The van der Waals surface area contributed by atoms with Crippen LogP contribution in [0.1, 0.15) is 463 Å². The second kappa shape index (κ2) is 77.4. The van der Waals surface area contributed by atoms with E-state index < -0.39 is 11.6 Å². The quantitative estimate of drug-likeness (QED) is 0.0182. The van der Waals surface area contributed by atoms with Crippen molar-refractivity contribution in [1.82, 2.24) is 10.6 Å². The molecule has 0 heterocycles. The molecule has 0 saturated heterocycles. The van der Waals surface area contributed by atoms with Gasteiger partial charge in [-0.1, -0.05) is 368 Å². The Labute approximate surface area is 687 Å². The Hall–Kier alpha value is -4.79. The molecule has 0 spiro atoms. The number of carbonyl (C=O) groups excluding carboxylic acids is 7. The summed E-state index contributed by atoms with van der Waals surface area (Å²) in [6.45, 7) is 17.3. The highest BCUT2D eigenvalue weighted by Gasteiger charge is 2.26. The lowest BCUT2D eigenvalue weighted by molar-refractivity contribution is -0.149. The fourth-order valence-corrected chi connectivity index (χ4v) is 16.0. The van der Waals surface area contributed by atoms with E-state index in [1.165, 1.54) is 309 Å². The van der Waals surface area contributed by atoms with E-state index >= 15 is 0 Å². The Morgan fingerprint density at radius 2 is 0.580 bits per heavy atom. The number of carbonyl (C=O) groups is 7. The van der Waals surface area contributed by atoms with Gasteiger partial charge in [0, 0.05) is 56.8 Å². The van der Waals surface area contributed by atoms with Gasteiger partial charge in [0.25, 0.3) is 0 Å². The summed E-state index contributed by atoms with van der Waals surface area (Å²) in [5.41, 5.74) is -1.01. The van der Waals surface area contributed by atoms with Crippen molar-refractivity contribution < 1.29 is 62.4 Å². The summed E-state index contributed by atoms with van der Waals surface area (Å²) >= 11 is 0. The van der Waals surface area contributed by atoms with Crippen molar-refractivity contribution in [3.63, 3.8) is 0 Å². The molecule has 0 fully saturated rings. The van der Waals surface area contributed by atoms with Gasteiger partial charge in [-0.15, -0.1) is 0 Å². The Kier molecular flexibility index (Phi) is 72.8. The highest BCUT2D eigenvalue weighted by molar-refractivity contribution is 6.01. The molecule has 1 aromatic rings. The Bertz CT molecular complexity index is 2390. The van der Waals surface area contributed by atoms with Crippen molar-refractivity contribution >= 4 is 41.5 Å². The summed E-state index contributed by atoms with van der Waals surface area (Å²) in [4.78, 5) is 85.8. The minimum Gasteiger partial charge on any atom is -0.490 e. The second-order valence-electron chi connectivity index (χ2n) is 33.7. The molecule has 15 nitrogen and oxygen atoms in total. The maximum atomic E-state index is 12.8. The van der Waals surface area contributed by atoms with E-state index in [2.05, 4.69) is 44.9 Å². The minimum atomic E-state index is -1.43. The average molecular weight is 1580 g/mol. The fourth-order valence-electron chi connectivity index (χ4n) is 16.0. The number of amides is 2. The van der Waals surface area contributed by atoms with E-state index in [0.717, 1.165) is 107 Å². The van der Waals surface area contributed by atoms with Crippen LogP contribution in [0.4, 0.5) is 0 Å². The summed E-state index contributed by atoms with van der Waals surface area (Å²) in [5.74, 6) is 2.53. The lowest BCUT2D eigenvalue weighted by Crippen LogP contribution is -2.34. The minimum absolute atomic E-state index is 0.0151. The zero-order valence-corrected chi connectivity index (χ0v) is 73.5. The Morgan fingerprint density at radius 1 is 0.330 bits per heavy atom. The van der Waals surface area contributed by atoms with Crippen molar-refractivity contribution in [3.8, 4) is 5.75 Å². The van der Waals surface area contributed by atoms with Gasteiger partial charge in [0.15, 0.2) is 5.78 Å². The van der Waals surface area contributed by atoms with Crippen molar-refractivity contribution in [2.75, 3.05) is 46.1 Å². The van der Waals surface area contributed by atoms with Gasteiger partial charge in [-0.05, 0) is 107 Å². The first kappa shape index (κ1) is 105. The van der Waals surface area contributed by atoms with Gasteiger partial charge in [-0.2, -0.15) is 0 Å². The highest BCUT2D eigenvalue weighted by atomic mass is 16.6. The lowest BCUT2D eigenvalue weighted by Gasteiger charge is -2.28. The van der Waals surface area contributed by atoms with E-state index in [1.54, 1.807) is 24.3 Å². The number of nitrogens with one attached hydrogen (secondary N) is 2. The molecule has 112 heavy (non-hydrogen) atoms. The first-order valence-corrected chi connectivity index (χ1v) is 47.4. The molecule has 0 bridgehead atoms. The molecule has 650 valence electrons. The van der Waals surface area contributed by atoms with Crippen LogP contribution in [0.15, 0.2) is 36.9 Å². The molecule has 0 aliphatic carbocycles. The molecule has 1 aromatic carbocycles. The number of aliphatic hydroxyl groups is 1. The number of ether oxygens (including phenoxy) is 5. The van der Waals surface area contributed by atoms with Crippen LogP contribution in [-0.2, 0) is 47.7 Å². The topological polar surface area (TPSA) is 210 Å². The summed E-state index contributed by atoms with van der Waals surface area (Å²) in [6, 6.07) is 6.65. The second-order valence-corrected chi connectivity index (χ2v) is 33.7. The van der Waals surface area contributed by atoms with Crippen LogP contribution < -0.4 is 15.4 Å². The van der Waals surface area contributed by atoms with Gasteiger partial charge < -0.3 is 39.4 Å². The summed E-state index contributed by atoms with van der Waals surface area (Å²) in [5, 5.41) is 16.1. The molecule has 0 radical (unpaired) electrons. The van der Waals surface area contributed by atoms with Crippen LogP contribution >= 0.6 is 0 Å². The first-order valence-electron chi connectivity index (χ1n) is 47.4. The molecule has 2 amide bonds.